The van der Waals surface area contributed by atoms with Crippen LogP contribution in [-0.2, 0) is 32.6 Å². The first-order valence-electron chi connectivity index (χ1n) is 13.5. The first-order chi connectivity index (χ1) is 19.7. The van der Waals surface area contributed by atoms with Gasteiger partial charge in [-0.2, -0.15) is 0 Å². The van der Waals surface area contributed by atoms with Gasteiger partial charge >= 0.3 is 0 Å². The van der Waals surface area contributed by atoms with E-state index in [4.69, 9.17) is 9.47 Å². The second-order valence-corrected chi connectivity index (χ2v) is 11.4. The summed E-state index contributed by atoms with van der Waals surface area (Å²) in [6.45, 7) is 2.47. The molecule has 41 heavy (non-hydrogen) atoms. The van der Waals surface area contributed by atoms with Crippen LogP contribution in [0.2, 0.25) is 0 Å². The molecule has 0 saturated carbocycles. The van der Waals surface area contributed by atoms with Crippen LogP contribution in [-0.4, -0.2) is 64.7 Å². The van der Waals surface area contributed by atoms with Gasteiger partial charge < -0.3 is 19.7 Å². The zero-order valence-corrected chi connectivity index (χ0v) is 24.9. The first-order valence-corrected chi connectivity index (χ1v) is 15.4. The lowest BCUT2D eigenvalue weighted by atomic mass is 10.0. The van der Waals surface area contributed by atoms with Gasteiger partial charge in [0.1, 0.15) is 17.5 Å². The van der Waals surface area contributed by atoms with Gasteiger partial charge in [0.05, 0.1) is 25.7 Å². The van der Waals surface area contributed by atoms with E-state index in [0.717, 1.165) is 17.4 Å². The Labute approximate surface area is 243 Å². The third kappa shape index (κ3) is 8.97. The van der Waals surface area contributed by atoms with E-state index in [2.05, 4.69) is 5.32 Å². The number of hydrogen-bond donors (Lipinski definition) is 1. The zero-order chi connectivity index (χ0) is 29.8. The Balaban J connectivity index is 1.87. The van der Waals surface area contributed by atoms with E-state index < -0.39 is 16.1 Å². The topological polar surface area (TPSA) is 105 Å². The number of likely N-dealkylation sites (N-methyl/N-ethyl adjacent to an activating group) is 1. The number of anilines is 1. The molecule has 0 aliphatic rings. The van der Waals surface area contributed by atoms with Gasteiger partial charge in [-0.3, -0.25) is 13.9 Å². The quantitative estimate of drug-likeness (QED) is 0.291. The van der Waals surface area contributed by atoms with Crippen LogP contribution < -0.4 is 19.1 Å². The maximum Gasteiger partial charge on any atom is 0.242 e. The third-order valence-corrected chi connectivity index (χ3v) is 7.77. The van der Waals surface area contributed by atoms with Crippen LogP contribution >= 0.6 is 0 Å². The number of sulfonamides is 1. The molecular formula is C31H39N3O6S. The summed E-state index contributed by atoms with van der Waals surface area (Å²) < 4.78 is 37.8. The molecule has 3 aromatic carbocycles. The van der Waals surface area contributed by atoms with Gasteiger partial charge in [0.2, 0.25) is 21.8 Å². The minimum atomic E-state index is -3.66. The van der Waals surface area contributed by atoms with Crippen molar-refractivity contribution in [3.63, 3.8) is 0 Å². The summed E-state index contributed by atoms with van der Waals surface area (Å²) >= 11 is 0. The van der Waals surface area contributed by atoms with Crippen molar-refractivity contribution >= 4 is 27.5 Å². The molecule has 1 N–H and O–H groups in total. The van der Waals surface area contributed by atoms with Crippen molar-refractivity contribution in [2.45, 2.75) is 38.8 Å². The van der Waals surface area contributed by atoms with Gasteiger partial charge in [-0.15, -0.1) is 0 Å². The molecule has 1 unspecified atom stereocenters. The highest BCUT2D eigenvalue weighted by atomic mass is 32.2. The van der Waals surface area contributed by atoms with E-state index in [1.807, 2.05) is 61.5 Å². The molecule has 3 aromatic rings. The number of hydrogen-bond acceptors (Lipinski definition) is 6. The SMILES string of the molecule is CCOc1ccccc1N(CCCC(=O)N(Cc1cccc(OC)c1)C(Cc1ccccc1)C(=O)NC)S(C)(=O)=O. The number of rotatable bonds is 15. The molecule has 0 aromatic heterocycles. The van der Waals surface area contributed by atoms with E-state index in [0.29, 0.717) is 30.2 Å². The number of para-hydroxylation sites is 2. The molecule has 9 nitrogen and oxygen atoms in total. The van der Waals surface area contributed by atoms with Gasteiger partial charge in [0.15, 0.2) is 0 Å². The number of methoxy groups -OCH3 is 1. The first kappa shape index (κ1) is 31.5. The third-order valence-electron chi connectivity index (χ3n) is 6.59. The lowest BCUT2D eigenvalue weighted by Gasteiger charge is -2.32. The lowest BCUT2D eigenvalue weighted by Crippen LogP contribution is -2.49. The molecule has 10 heteroatoms. The van der Waals surface area contributed by atoms with E-state index >= 15 is 0 Å². The van der Waals surface area contributed by atoms with Crippen molar-refractivity contribution in [1.29, 1.82) is 0 Å². The Kier molecular flexibility index (Phi) is 11.6. The molecule has 1 atom stereocenters. The number of carbonyl (C=O) groups is 2. The standard InChI is InChI=1S/C31H39N3O6S/c1-5-40-29-18-10-9-17-27(29)34(41(4,37)38)20-12-19-30(35)33(23-25-15-11-16-26(21-25)39-3)28(31(36)32-2)22-24-13-7-6-8-14-24/h6-11,13-18,21,28H,5,12,19-20,22-23H2,1-4H3,(H,32,36). The van der Waals surface area contributed by atoms with Crippen molar-refractivity contribution in [1.82, 2.24) is 10.2 Å². The van der Waals surface area contributed by atoms with Gasteiger partial charge in [0, 0.05) is 33.0 Å². The predicted molar refractivity (Wildman–Crippen MR) is 161 cm³/mol. The van der Waals surface area contributed by atoms with Crippen LogP contribution in [0.25, 0.3) is 0 Å². The molecule has 220 valence electrons. The van der Waals surface area contributed by atoms with Gasteiger partial charge in [-0.05, 0) is 48.7 Å². The summed E-state index contributed by atoms with van der Waals surface area (Å²) in [5, 5.41) is 2.70. The largest absolute Gasteiger partial charge is 0.497 e. The molecule has 0 aliphatic carbocycles. The highest BCUT2D eigenvalue weighted by molar-refractivity contribution is 7.92. The second kappa shape index (κ2) is 15.1. The van der Waals surface area contributed by atoms with Crippen molar-refractivity contribution < 1.29 is 27.5 Å². The number of nitrogens with zero attached hydrogens (tertiary/aromatic N) is 2. The summed E-state index contributed by atoms with van der Waals surface area (Å²) in [4.78, 5) is 28.5. The van der Waals surface area contributed by atoms with E-state index in [1.54, 1.807) is 43.3 Å². The minimum Gasteiger partial charge on any atom is -0.497 e. The van der Waals surface area contributed by atoms with Crippen LogP contribution in [0.15, 0.2) is 78.9 Å². The van der Waals surface area contributed by atoms with Crippen LogP contribution in [0.3, 0.4) is 0 Å². The van der Waals surface area contributed by atoms with Crippen molar-refractivity contribution in [2.75, 3.05) is 37.9 Å². The Morgan fingerprint density at radius 3 is 2.29 bits per heavy atom. The van der Waals surface area contributed by atoms with Gasteiger partial charge in [-0.1, -0.05) is 54.6 Å². The number of nitrogens with one attached hydrogen (secondary N) is 1. The molecule has 0 aliphatic heterocycles. The average Bonchev–Trinajstić information content (AvgIpc) is 2.97. The fourth-order valence-electron chi connectivity index (χ4n) is 4.61. The monoisotopic (exact) mass is 581 g/mol. The molecule has 0 radical (unpaired) electrons. The van der Waals surface area contributed by atoms with Gasteiger partial charge in [-0.25, -0.2) is 8.42 Å². The number of benzene rings is 3. The van der Waals surface area contributed by atoms with E-state index in [-0.39, 0.29) is 37.7 Å². The van der Waals surface area contributed by atoms with Crippen LogP contribution in [0, 0.1) is 0 Å². The fraction of sp³-hybridized carbons (Fsp3) is 0.355. The minimum absolute atomic E-state index is 0.0368. The molecule has 0 spiro atoms. The Hall–Kier alpha value is -4.05. The highest BCUT2D eigenvalue weighted by Crippen LogP contribution is 2.30. The maximum absolute atomic E-state index is 13.8. The molecule has 0 bridgehead atoms. The van der Waals surface area contributed by atoms with Crippen molar-refractivity contribution in [2.24, 2.45) is 0 Å². The molecule has 3 rings (SSSR count). The van der Waals surface area contributed by atoms with E-state index in [9.17, 15) is 18.0 Å². The van der Waals surface area contributed by atoms with Crippen molar-refractivity contribution in [3.8, 4) is 11.5 Å². The summed E-state index contributed by atoms with van der Waals surface area (Å²) in [5.74, 6) is 0.553. The van der Waals surface area contributed by atoms with E-state index in [1.165, 1.54) is 4.31 Å². The Bertz CT molecular complexity index is 1400. The van der Waals surface area contributed by atoms with Crippen LogP contribution in [0.1, 0.15) is 30.9 Å². The zero-order valence-electron chi connectivity index (χ0n) is 24.1. The summed E-state index contributed by atoms with van der Waals surface area (Å²) in [6.07, 6.45) is 1.74. The second-order valence-electron chi connectivity index (χ2n) is 9.53. The predicted octanol–water partition coefficient (Wildman–Crippen LogP) is 4.03. The van der Waals surface area contributed by atoms with Crippen molar-refractivity contribution in [3.05, 3.63) is 90.0 Å². The van der Waals surface area contributed by atoms with Gasteiger partial charge in [0.25, 0.3) is 0 Å². The molecule has 0 fully saturated rings. The lowest BCUT2D eigenvalue weighted by molar-refractivity contribution is -0.141. The number of amides is 2. The smallest absolute Gasteiger partial charge is 0.242 e. The van der Waals surface area contributed by atoms with Crippen LogP contribution in [0.5, 0.6) is 11.5 Å². The summed E-state index contributed by atoms with van der Waals surface area (Å²) in [5.41, 5.74) is 2.15. The Morgan fingerprint density at radius 1 is 0.951 bits per heavy atom. The molecular weight excluding hydrogens is 542 g/mol. The Morgan fingerprint density at radius 2 is 1.63 bits per heavy atom. The maximum atomic E-state index is 13.8. The molecule has 0 saturated heterocycles. The summed E-state index contributed by atoms with van der Waals surface area (Å²) in [6, 6.07) is 23.0. The number of carbonyl (C=O) groups excluding carboxylic acids is 2. The molecule has 0 heterocycles. The van der Waals surface area contributed by atoms with Crippen LogP contribution in [0.4, 0.5) is 5.69 Å². The number of ether oxygens (including phenoxy) is 2. The fourth-order valence-corrected chi connectivity index (χ4v) is 5.58. The molecule has 2 amide bonds. The average molecular weight is 582 g/mol. The highest BCUT2D eigenvalue weighted by Gasteiger charge is 2.30. The summed E-state index contributed by atoms with van der Waals surface area (Å²) in [7, 11) is -0.536. The normalized spacial score (nSPS) is 11.8.